The first kappa shape index (κ1) is 12.0. The highest BCUT2D eigenvalue weighted by atomic mass is 32.2. The van der Waals surface area contributed by atoms with Crippen LogP contribution >= 0.6 is 11.8 Å². The first-order valence-corrected chi connectivity index (χ1v) is 6.23. The third-order valence-corrected chi connectivity index (χ3v) is 3.48. The molecule has 17 heavy (non-hydrogen) atoms. The van der Waals surface area contributed by atoms with Gasteiger partial charge in [-0.3, -0.25) is 4.79 Å². The number of benzene rings is 1. The van der Waals surface area contributed by atoms with E-state index in [0.717, 1.165) is 15.9 Å². The summed E-state index contributed by atoms with van der Waals surface area (Å²) in [6.07, 6.45) is 0. The van der Waals surface area contributed by atoms with Crippen LogP contribution in [0.1, 0.15) is 0 Å². The topological polar surface area (TPSA) is 68.1 Å². The van der Waals surface area contributed by atoms with E-state index in [-0.39, 0.29) is 5.97 Å². The van der Waals surface area contributed by atoms with Crippen molar-refractivity contribution in [3.05, 3.63) is 30.3 Å². The Balaban J connectivity index is 2.01. The van der Waals surface area contributed by atoms with Crippen LogP contribution in [-0.4, -0.2) is 29.9 Å². The molecule has 1 aromatic carbocycles. The van der Waals surface area contributed by atoms with E-state index in [9.17, 15) is 4.79 Å². The van der Waals surface area contributed by atoms with Crippen LogP contribution in [0.15, 0.2) is 35.4 Å². The average molecular weight is 250 g/mol. The fourth-order valence-electron chi connectivity index (χ4n) is 1.52. The lowest BCUT2D eigenvalue weighted by Gasteiger charge is -2.07. The Kier molecular flexibility index (Phi) is 3.71. The van der Waals surface area contributed by atoms with Gasteiger partial charge in [0.1, 0.15) is 6.04 Å². The second-order valence-corrected chi connectivity index (χ2v) is 4.72. The molecule has 0 aliphatic heterocycles. The number of H-pyrrole nitrogens is 1. The second-order valence-electron chi connectivity index (χ2n) is 3.66. The van der Waals surface area contributed by atoms with E-state index in [1.165, 1.54) is 18.9 Å². The van der Waals surface area contributed by atoms with Crippen LogP contribution in [0.5, 0.6) is 0 Å². The van der Waals surface area contributed by atoms with Gasteiger partial charge in [0.05, 0.1) is 12.1 Å². The molecule has 0 radical (unpaired) electrons. The zero-order chi connectivity index (χ0) is 12.3. The quantitative estimate of drug-likeness (QED) is 0.641. The minimum atomic E-state index is -0.587. The highest BCUT2D eigenvalue weighted by Crippen LogP contribution is 2.23. The molecular formula is C12H14N2O2S. The molecule has 5 heteroatoms. The van der Waals surface area contributed by atoms with E-state index in [4.69, 9.17) is 5.73 Å². The number of fused-ring (bicyclic) bond motifs is 1. The Hall–Kier alpha value is -1.46. The first-order chi connectivity index (χ1) is 8.20. The van der Waals surface area contributed by atoms with Crippen LogP contribution in [-0.2, 0) is 9.53 Å². The summed E-state index contributed by atoms with van der Waals surface area (Å²) in [7, 11) is 1.34. The highest BCUT2D eigenvalue weighted by molar-refractivity contribution is 7.99. The molecular weight excluding hydrogens is 236 g/mol. The molecule has 0 bridgehead atoms. The third kappa shape index (κ3) is 2.81. The monoisotopic (exact) mass is 250 g/mol. The number of nitrogens with one attached hydrogen (secondary N) is 1. The fourth-order valence-corrected chi connectivity index (χ4v) is 2.41. The van der Waals surface area contributed by atoms with E-state index in [1.807, 2.05) is 30.3 Å². The molecule has 0 saturated carbocycles. The van der Waals surface area contributed by atoms with Crippen molar-refractivity contribution in [1.29, 1.82) is 0 Å². The van der Waals surface area contributed by atoms with Crippen molar-refractivity contribution in [1.82, 2.24) is 4.98 Å². The Morgan fingerprint density at radius 2 is 2.29 bits per heavy atom. The van der Waals surface area contributed by atoms with Gasteiger partial charge < -0.3 is 15.5 Å². The van der Waals surface area contributed by atoms with Crippen LogP contribution in [0.2, 0.25) is 0 Å². The van der Waals surface area contributed by atoms with Crippen LogP contribution in [0, 0.1) is 0 Å². The third-order valence-electron chi connectivity index (χ3n) is 2.43. The van der Waals surface area contributed by atoms with Crippen molar-refractivity contribution in [3.63, 3.8) is 0 Å². The smallest absolute Gasteiger partial charge is 0.323 e. The Labute approximate surface area is 104 Å². The molecule has 0 saturated heterocycles. The summed E-state index contributed by atoms with van der Waals surface area (Å²) in [5.74, 6) is 0.119. The molecule has 2 rings (SSSR count). The van der Waals surface area contributed by atoms with Crippen LogP contribution < -0.4 is 5.73 Å². The molecule has 4 nitrogen and oxygen atoms in total. The summed E-state index contributed by atoms with van der Waals surface area (Å²) < 4.78 is 4.57. The first-order valence-electron chi connectivity index (χ1n) is 5.24. The molecule has 0 amide bonds. The number of para-hydroxylation sites is 1. The number of aromatic amines is 1. The van der Waals surface area contributed by atoms with Gasteiger partial charge in [-0.15, -0.1) is 11.8 Å². The Morgan fingerprint density at radius 3 is 3.00 bits per heavy atom. The van der Waals surface area contributed by atoms with Gasteiger partial charge in [0.15, 0.2) is 0 Å². The predicted octanol–water partition coefficient (Wildman–Crippen LogP) is 1.76. The number of nitrogens with two attached hydrogens (primary N) is 1. The van der Waals surface area contributed by atoms with E-state index < -0.39 is 6.04 Å². The SMILES string of the molecule is COC(=O)C(N)CSc1cc2ccccc2[nH]1. The highest BCUT2D eigenvalue weighted by Gasteiger charge is 2.14. The molecule has 0 aliphatic rings. The number of rotatable bonds is 4. The average Bonchev–Trinajstić information content (AvgIpc) is 2.77. The van der Waals surface area contributed by atoms with Gasteiger partial charge in [-0.1, -0.05) is 18.2 Å². The number of carbonyl (C=O) groups is 1. The number of methoxy groups -OCH3 is 1. The fraction of sp³-hybridized carbons (Fsp3) is 0.250. The lowest BCUT2D eigenvalue weighted by molar-refractivity contribution is -0.141. The number of hydrogen-bond acceptors (Lipinski definition) is 4. The molecule has 1 unspecified atom stereocenters. The molecule has 1 heterocycles. The lowest BCUT2D eigenvalue weighted by atomic mass is 10.3. The summed E-state index contributed by atoms with van der Waals surface area (Å²) >= 11 is 1.52. The van der Waals surface area contributed by atoms with Gasteiger partial charge in [0, 0.05) is 16.7 Å². The van der Waals surface area contributed by atoms with Crippen molar-refractivity contribution < 1.29 is 9.53 Å². The van der Waals surface area contributed by atoms with Crippen molar-refractivity contribution in [2.24, 2.45) is 5.73 Å². The van der Waals surface area contributed by atoms with Crippen molar-refractivity contribution in [3.8, 4) is 0 Å². The van der Waals surface area contributed by atoms with Gasteiger partial charge in [-0.05, 0) is 12.1 Å². The van der Waals surface area contributed by atoms with Crippen molar-refractivity contribution >= 4 is 28.6 Å². The van der Waals surface area contributed by atoms with E-state index in [1.54, 1.807) is 0 Å². The molecule has 0 spiro atoms. The predicted molar refractivity (Wildman–Crippen MR) is 69.0 cm³/mol. The summed E-state index contributed by atoms with van der Waals surface area (Å²) in [4.78, 5) is 14.4. The van der Waals surface area contributed by atoms with Crippen LogP contribution in [0.4, 0.5) is 0 Å². The van der Waals surface area contributed by atoms with Crippen molar-refractivity contribution in [2.75, 3.05) is 12.9 Å². The summed E-state index contributed by atoms with van der Waals surface area (Å²) in [5.41, 5.74) is 6.75. The number of carbonyl (C=O) groups excluding carboxylic acids is 1. The molecule has 90 valence electrons. The van der Waals surface area contributed by atoms with Gasteiger partial charge in [-0.2, -0.15) is 0 Å². The van der Waals surface area contributed by atoms with Crippen molar-refractivity contribution in [2.45, 2.75) is 11.1 Å². The maximum Gasteiger partial charge on any atom is 0.323 e. The van der Waals surface area contributed by atoms with E-state index in [0.29, 0.717) is 5.75 Å². The normalized spacial score (nSPS) is 12.6. The second kappa shape index (κ2) is 5.25. The Morgan fingerprint density at radius 1 is 1.53 bits per heavy atom. The minimum absolute atomic E-state index is 0.381. The maximum absolute atomic E-state index is 11.1. The Bertz CT molecular complexity index is 491. The number of thioether (sulfide) groups is 1. The number of ether oxygens (including phenoxy) is 1. The molecule has 0 fully saturated rings. The van der Waals surface area contributed by atoms with Crippen LogP contribution in [0.25, 0.3) is 10.9 Å². The van der Waals surface area contributed by atoms with E-state index >= 15 is 0 Å². The molecule has 3 N–H and O–H groups in total. The summed E-state index contributed by atoms with van der Waals surface area (Å²) in [5, 5.41) is 2.16. The van der Waals surface area contributed by atoms with Gasteiger partial charge >= 0.3 is 5.97 Å². The molecule has 1 atom stereocenters. The molecule has 0 aliphatic carbocycles. The van der Waals surface area contributed by atoms with Gasteiger partial charge in [0.25, 0.3) is 0 Å². The number of esters is 1. The molecule has 2 aromatic rings. The van der Waals surface area contributed by atoms with Gasteiger partial charge in [-0.25, -0.2) is 0 Å². The van der Waals surface area contributed by atoms with Crippen LogP contribution in [0.3, 0.4) is 0 Å². The minimum Gasteiger partial charge on any atom is -0.468 e. The zero-order valence-corrected chi connectivity index (χ0v) is 10.3. The zero-order valence-electron chi connectivity index (χ0n) is 9.47. The maximum atomic E-state index is 11.1. The summed E-state index contributed by atoms with van der Waals surface area (Å²) in [6.45, 7) is 0. The number of hydrogen-bond donors (Lipinski definition) is 2. The summed E-state index contributed by atoms with van der Waals surface area (Å²) in [6, 6.07) is 9.48. The van der Waals surface area contributed by atoms with E-state index in [2.05, 4.69) is 9.72 Å². The standard InChI is InChI=1S/C12H14N2O2S/c1-16-12(15)9(13)7-17-11-6-8-4-2-3-5-10(8)14-11/h2-6,9,14H,7,13H2,1H3. The van der Waals surface area contributed by atoms with Gasteiger partial charge in [0.2, 0.25) is 0 Å². The largest absolute Gasteiger partial charge is 0.468 e. The molecule has 1 aromatic heterocycles. The lowest BCUT2D eigenvalue weighted by Crippen LogP contribution is -2.33. The number of aromatic nitrogens is 1.